The molecule has 0 saturated heterocycles. The molecule has 6 heteroatoms. The molecule has 0 fully saturated rings. The van der Waals surface area contributed by atoms with Gasteiger partial charge in [-0.3, -0.25) is 9.10 Å². The highest BCUT2D eigenvalue weighted by molar-refractivity contribution is 7.89. The molecule has 37 heavy (non-hydrogen) atoms. The third-order valence-electron chi connectivity index (χ3n) is 6.73. The molecular weight excluding hydrogens is 502 g/mol. The molecule has 0 aliphatic carbocycles. The molecule has 0 amide bonds. The number of hydrogen-bond acceptors (Lipinski definition) is 3. The predicted molar refractivity (Wildman–Crippen MR) is 148 cm³/mol. The van der Waals surface area contributed by atoms with Gasteiger partial charge >= 0.3 is 0 Å². The number of halogens is 1. The van der Waals surface area contributed by atoms with Gasteiger partial charge in [0, 0.05) is 23.0 Å². The predicted octanol–water partition coefficient (Wildman–Crippen LogP) is 6.98. The lowest BCUT2D eigenvalue weighted by molar-refractivity contribution is 0.0896. The number of rotatable bonds is 6. The summed E-state index contributed by atoms with van der Waals surface area (Å²) < 4.78 is 29.5. The molecule has 2 atom stereocenters. The average molecular weight is 528 g/mol. The number of Topliss-reactive ketones (excluding diaryl/α,β-unsaturated/α-hetero) is 1. The lowest BCUT2D eigenvalue weighted by Gasteiger charge is -2.38. The van der Waals surface area contributed by atoms with Gasteiger partial charge < -0.3 is 0 Å². The van der Waals surface area contributed by atoms with Gasteiger partial charge in [-0.05, 0) is 42.3 Å². The molecular formula is C31H26ClNO3S. The number of ketones is 1. The fourth-order valence-corrected chi connectivity index (χ4v) is 6.39. The Bertz CT molecular complexity index is 1530. The maximum atomic E-state index is 14.0. The summed E-state index contributed by atoms with van der Waals surface area (Å²) >= 11 is 6.15. The molecule has 1 aliphatic rings. The molecule has 0 saturated carbocycles. The summed E-state index contributed by atoms with van der Waals surface area (Å²) in [6, 6.07) is 32.7. The summed E-state index contributed by atoms with van der Waals surface area (Å²) in [4.78, 5) is 14.0. The molecule has 0 radical (unpaired) electrons. The fraction of sp³-hybridized carbons (Fsp3) is 0.129. The first kappa shape index (κ1) is 25.0. The number of benzene rings is 4. The Kier molecular flexibility index (Phi) is 7.00. The number of aryl methyl sites for hydroxylation is 1. The van der Waals surface area contributed by atoms with E-state index in [-0.39, 0.29) is 23.1 Å². The Balaban J connectivity index is 1.70. The second-order valence-corrected chi connectivity index (χ2v) is 11.5. The summed E-state index contributed by atoms with van der Waals surface area (Å²) in [5.41, 5.74) is 3.72. The first-order chi connectivity index (χ1) is 17.8. The first-order valence-corrected chi connectivity index (χ1v) is 13.9. The van der Waals surface area contributed by atoms with E-state index in [1.54, 1.807) is 48.5 Å². The highest BCUT2D eigenvalue weighted by atomic mass is 35.5. The normalized spacial score (nSPS) is 17.8. The standard InChI is InChI=1S/C31H26ClNO3S/c1-22-12-18-27(19-13-22)37(35,36)33-21-29(31(34)25-10-6-3-7-11-25)28(23-8-4-2-5-9-23)20-30(33)24-14-16-26(32)17-15-24/h2-20,28-29H,21H2,1H3. The minimum Gasteiger partial charge on any atom is -0.294 e. The van der Waals surface area contributed by atoms with Gasteiger partial charge in [-0.15, -0.1) is 0 Å². The molecule has 5 rings (SSSR count). The summed E-state index contributed by atoms with van der Waals surface area (Å²) in [6.45, 7) is 1.92. The number of carbonyl (C=O) groups excluding carboxylic acids is 1. The van der Waals surface area contributed by atoms with Crippen LogP contribution >= 0.6 is 11.6 Å². The third kappa shape index (κ3) is 5.10. The Morgan fingerprint density at radius 2 is 1.41 bits per heavy atom. The Morgan fingerprint density at radius 3 is 2.03 bits per heavy atom. The van der Waals surface area contributed by atoms with Gasteiger partial charge in [0.1, 0.15) is 0 Å². The summed E-state index contributed by atoms with van der Waals surface area (Å²) in [7, 11) is -3.96. The maximum absolute atomic E-state index is 14.0. The van der Waals surface area contributed by atoms with Gasteiger partial charge in [0.2, 0.25) is 0 Å². The number of hydrogen-bond donors (Lipinski definition) is 0. The molecule has 4 nitrogen and oxygen atoms in total. The van der Waals surface area contributed by atoms with Crippen LogP contribution in [-0.2, 0) is 10.0 Å². The van der Waals surface area contributed by atoms with Crippen molar-refractivity contribution in [1.82, 2.24) is 4.31 Å². The summed E-state index contributed by atoms with van der Waals surface area (Å²) in [5.74, 6) is -1.02. The summed E-state index contributed by atoms with van der Waals surface area (Å²) in [6.07, 6.45) is 1.92. The number of sulfonamides is 1. The van der Waals surface area contributed by atoms with Crippen LogP contribution in [0.1, 0.15) is 33.0 Å². The van der Waals surface area contributed by atoms with Crippen molar-refractivity contribution in [3.8, 4) is 0 Å². The molecule has 186 valence electrons. The molecule has 0 spiro atoms. The van der Waals surface area contributed by atoms with Crippen LogP contribution in [0.4, 0.5) is 0 Å². The van der Waals surface area contributed by atoms with Crippen LogP contribution in [0.25, 0.3) is 5.70 Å². The minimum atomic E-state index is -3.96. The van der Waals surface area contributed by atoms with Crippen molar-refractivity contribution in [2.75, 3.05) is 6.54 Å². The largest absolute Gasteiger partial charge is 0.294 e. The quantitative estimate of drug-likeness (QED) is 0.254. The number of allylic oxidation sites excluding steroid dienone is 1. The van der Waals surface area contributed by atoms with Crippen molar-refractivity contribution in [2.45, 2.75) is 17.7 Å². The second-order valence-electron chi connectivity index (χ2n) is 9.18. The van der Waals surface area contributed by atoms with E-state index in [2.05, 4.69) is 0 Å². The monoisotopic (exact) mass is 527 g/mol. The van der Waals surface area contributed by atoms with Crippen molar-refractivity contribution in [1.29, 1.82) is 0 Å². The Morgan fingerprint density at radius 1 is 0.811 bits per heavy atom. The molecule has 1 aliphatic heterocycles. The van der Waals surface area contributed by atoms with E-state index in [1.807, 2.05) is 73.7 Å². The van der Waals surface area contributed by atoms with E-state index >= 15 is 0 Å². The van der Waals surface area contributed by atoms with Crippen molar-refractivity contribution in [2.24, 2.45) is 5.92 Å². The van der Waals surface area contributed by atoms with Crippen molar-refractivity contribution in [3.63, 3.8) is 0 Å². The van der Waals surface area contributed by atoms with E-state index in [0.29, 0.717) is 21.8 Å². The van der Waals surface area contributed by atoms with E-state index in [4.69, 9.17) is 11.6 Å². The lowest BCUT2D eigenvalue weighted by Crippen LogP contribution is -2.42. The average Bonchev–Trinajstić information content (AvgIpc) is 2.93. The number of nitrogens with zero attached hydrogens (tertiary/aromatic N) is 1. The Hall–Kier alpha value is -3.67. The van der Waals surface area contributed by atoms with Gasteiger partial charge in [-0.1, -0.05) is 108 Å². The van der Waals surface area contributed by atoms with Crippen molar-refractivity contribution in [3.05, 3.63) is 143 Å². The van der Waals surface area contributed by atoms with Crippen LogP contribution in [0.15, 0.2) is 120 Å². The minimum absolute atomic E-state index is 0.0119. The molecule has 4 aromatic carbocycles. The molecule has 1 heterocycles. The first-order valence-electron chi connectivity index (χ1n) is 12.1. The van der Waals surface area contributed by atoms with E-state index in [9.17, 15) is 13.2 Å². The van der Waals surface area contributed by atoms with Crippen LogP contribution in [0.3, 0.4) is 0 Å². The highest BCUT2D eigenvalue weighted by Gasteiger charge is 2.40. The van der Waals surface area contributed by atoms with Crippen LogP contribution in [-0.4, -0.2) is 25.1 Å². The molecule has 2 unspecified atom stereocenters. The zero-order chi connectivity index (χ0) is 26.0. The van der Waals surface area contributed by atoms with E-state index in [1.165, 1.54) is 4.31 Å². The number of carbonyl (C=O) groups is 1. The smallest absolute Gasteiger partial charge is 0.264 e. The molecule has 0 N–H and O–H groups in total. The van der Waals surface area contributed by atoms with Gasteiger partial charge in [-0.2, -0.15) is 0 Å². The van der Waals surface area contributed by atoms with Gasteiger partial charge in [0.15, 0.2) is 5.78 Å². The van der Waals surface area contributed by atoms with Crippen LogP contribution in [0.2, 0.25) is 5.02 Å². The highest BCUT2D eigenvalue weighted by Crippen LogP contribution is 2.41. The topological polar surface area (TPSA) is 54.5 Å². The Labute approximate surface area is 222 Å². The van der Waals surface area contributed by atoms with Gasteiger partial charge in [-0.25, -0.2) is 8.42 Å². The van der Waals surface area contributed by atoms with Crippen molar-refractivity contribution >= 4 is 33.1 Å². The lowest BCUT2D eigenvalue weighted by atomic mass is 9.78. The summed E-state index contributed by atoms with van der Waals surface area (Å²) in [5, 5.41) is 0.560. The van der Waals surface area contributed by atoms with Gasteiger partial charge in [0.05, 0.1) is 16.5 Å². The van der Waals surface area contributed by atoms with Crippen LogP contribution in [0.5, 0.6) is 0 Å². The zero-order valence-corrected chi connectivity index (χ0v) is 21.9. The third-order valence-corrected chi connectivity index (χ3v) is 8.78. The van der Waals surface area contributed by atoms with Crippen LogP contribution < -0.4 is 0 Å². The molecule has 0 aromatic heterocycles. The zero-order valence-electron chi connectivity index (χ0n) is 20.3. The second kappa shape index (κ2) is 10.4. The van der Waals surface area contributed by atoms with Crippen molar-refractivity contribution < 1.29 is 13.2 Å². The van der Waals surface area contributed by atoms with E-state index in [0.717, 1.165) is 11.1 Å². The maximum Gasteiger partial charge on any atom is 0.264 e. The fourth-order valence-electron chi connectivity index (χ4n) is 4.75. The van der Waals surface area contributed by atoms with E-state index < -0.39 is 15.9 Å². The molecule has 4 aromatic rings. The van der Waals surface area contributed by atoms with Crippen LogP contribution in [0, 0.1) is 12.8 Å². The van der Waals surface area contributed by atoms with Gasteiger partial charge in [0.25, 0.3) is 10.0 Å². The molecule has 0 bridgehead atoms. The SMILES string of the molecule is Cc1ccc(S(=O)(=O)N2CC(C(=O)c3ccccc3)C(c3ccccc3)C=C2c2ccc(Cl)cc2)cc1.